The topological polar surface area (TPSA) is 119 Å². The van der Waals surface area contributed by atoms with Gasteiger partial charge in [0.1, 0.15) is 0 Å². The Morgan fingerprint density at radius 2 is 1.91 bits per heavy atom. The van der Waals surface area contributed by atoms with Gasteiger partial charge in [-0.1, -0.05) is 0 Å². The van der Waals surface area contributed by atoms with Gasteiger partial charge in [-0.3, -0.25) is 4.79 Å². The summed E-state index contributed by atoms with van der Waals surface area (Å²) in [7, 11) is 0. The normalized spacial score (nSPS) is 11.8. The molecule has 5 N–H and O–H groups in total. The molecular weight excluding hydrogens is 150 g/mol. The molecule has 6 heteroatoms. The molecule has 0 aromatic heterocycles. The third kappa shape index (κ3) is 3.68. The lowest BCUT2D eigenvalue weighted by Crippen LogP contribution is -2.16. The Balaban J connectivity index is 4.34. The lowest BCUT2D eigenvalue weighted by atomic mass is 10.3. The number of hydrogen-bond donors (Lipinski definition) is 3. The molecule has 6 nitrogen and oxygen atoms in total. The van der Waals surface area contributed by atoms with Crippen LogP contribution in [0, 0.1) is 0 Å². The van der Waals surface area contributed by atoms with Crippen LogP contribution in [0.4, 0.5) is 4.79 Å². The van der Waals surface area contributed by atoms with Crippen molar-refractivity contribution >= 4 is 18.2 Å². The van der Waals surface area contributed by atoms with Crippen molar-refractivity contribution in [3.63, 3.8) is 0 Å². The average molecular weight is 157 g/mol. The van der Waals surface area contributed by atoms with E-state index in [1.54, 1.807) is 0 Å². The lowest BCUT2D eigenvalue weighted by Gasteiger charge is -1.89. The van der Waals surface area contributed by atoms with Gasteiger partial charge < -0.3 is 16.6 Å². The maximum atomic E-state index is 10.3. The van der Waals surface area contributed by atoms with E-state index in [1.165, 1.54) is 0 Å². The number of carbonyl (C=O) groups is 2. The number of nitrogens with two attached hydrogens (primary N) is 2. The van der Waals surface area contributed by atoms with Crippen LogP contribution in [0.15, 0.2) is 16.8 Å². The summed E-state index contributed by atoms with van der Waals surface area (Å²) in [5.74, 6) is -0.891. The molecular formula is C5H7N3O3. The van der Waals surface area contributed by atoms with E-state index < -0.39 is 11.9 Å². The molecule has 0 bridgehead atoms. The third-order valence-corrected chi connectivity index (χ3v) is 0.754. The monoisotopic (exact) mass is 157 g/mol. The predicted octanol–water partition coefficient (Wildman–Crippen LogP) is -0.937. The maximum absolute atomic E-state index is 10.3. The van der Waals surface area contributed by atoms with Crippen molar-refractivity contribution in [3.05, 3.63) is 11.8 Å². The van der Waals surface area contributed by atoms with Crippen molar-refractivity contribution in [3.8, 4) is 0 Å². The number of carbonyl (C=O) groups excluding carboxylic acids is 2. The van der Waals surface area contributed by atoms with Gasteiger partial charge in [0.15, 0.2) is 0 Å². The van der Waals surface area contributed by atoms with Crippen LogP contribution < -0.4 is 11.5 Å². The number of aliphatic hydroxyl groups is 1. The van der Waals surface area contributed by atoms with E-state index in [2.05, 4.69) is 10.7 Å². The highest BCUT2D eigenvalue weighted by molar-refractivity contribution is 6.12. The van der Waals surface area contributed by atoms with Crippen LogP contribution in [0.25, 0.3) is 0 Å². The first-order valence-corrected chi connectivity index (χ1v) is 2.55. The smallest absolute Gasteiger partial charge is 0.338 e. The third-order valence-electron chi connectivity index (χ3n) is 0.754. The fraction of sp³-hybridized carbons (Fsp3) is 0. The van der Waals surface area contributed by atoms with E-state index in [0.717, 1.165) is 6.21 Å². The fourth-order valence-electron chi connectivity index (χ4n) is 0.294. The number of primary amides is 2. The van der Waals surface area contributed by atoms with Crippen molar-refractivity contribution in [2.45, 2.75) is 0 Å². The minimum Gasteiger partial charge on any atom is -0.515 e. The molecule has 0 aromatic carbocycles. The molecule has 0 aliphatic rings. The van der Waals surface area contributed by atoms with Gasteiger partial charge in [-0.05, 0) is 0 Å². The quantitative estimate of drug-likeness (QED) is 0.272. The second kappa shape index (κ2) is 4.04. The first kappa shape index (κ1) is 9.15. The average Bonchev–Trinajstić information content (AvgIpc) is 1.87. The zero-order valence-corrected chi connectivity index (χ0v) is 5.52. The highest BCUT2D eigenvalue weighted by Crippen LogP contribution is 1.85. The van der Waals surface area contributed by atoms with Gasteiger partial charge in [0.05, 0.1) is 11.8 Å². The summed E-state index contributed by atoms with van der Waals surface area (Å²) in [4.78, 5) is 23.3. The van der Waals surface area contributed by atoms with E-state index in [0.29, 0.717) is 6.26 Å². The van der Waals surface area contributed by atoms with Crippen molar-refractivity contribution in [1.29, 1.82) is 0 Å². The summed E-state index contributed by atoms with van der Waals surface area (Å²) in [6.45, 7) is 0. The van der Waals surface area contributed by atoms with Gasteiger partial charge in [0, 0.05) is 6.21 Å². The van der Waals surface area contributed by atoms with Gasteiger partial charge in [0.25, 0.3) is 5.91 Å². The molecule has 0 aliphatic heterocycles. The highest BCUT2D eigenvalue weighted by atomic mass is 16.2. The first-order chi connectivity index (χ1) is 5.07. The molecule has 0 aliphatic carbocycles. The minimum absolute atomic E-state index is 0.288. The van der Waals surface area contributed by atoms with Crippen molar-refractivity contribution in [2.75, 3.05) is 0 Å². The zero-order valence-electron chi connectivity index (χ0n) is 5.52. The Bertz CT molecular complexity index is 231. The molecule has 60 valence electrons. The Morgan fingerprint density at radius 1 is 1.36 bits per heavy atom. The van der Waals surface area contributed by atoms with E-state index in [9.17, 15) is 9.59 Å². The van der Waals surface area contributed by atoms with Crippen LogP contribution in [0.3, 0.4) is 0 Å². The van der Waals surface area contributed by atoms with Crippen molar-refractivity contribution < 1.29 is 14.7 Å². The van der Waals surface area contributed by atoms with Crippen molar-refractivity contribution in [2.24, 2.45) is 16.5 Å². The molecule has 0 spiro atoms. The molecule has 11 heavy (non-hydrogen) atoms. The van der Waals surface area contributed by atoms with E-state index in [4.69, 9.17) is 10.8 Å². The molecule has 0 saturated heterocycles. The van der Waals surface area contributed by atoms with Crippen molar-refractivity contribution in [1.82, 2.24) is 0 Å². The van der Waals surface area contributed by atoms with E-state index in [1.807, 2.05) is 0 Å². The predicted molar refractivity (Wildman–Crippen MR) is 38.0 cm³/mol. The molecule has 0 unspecified atom stereocenters. The number of aliphatic hydroxyl groups excluding tert-OH is 1. The van der Waals surface area contributed by atoms with Crippen LogP contribution in [0.1, 0.15) is 0 Å². The molecule has 3 amide bonds. The van der Waals surface area contributed by atoms with Crippen LogP contribution >= 0.6 is 0 Å². The molecule has 0 fully saturated rings. The SMILES string of the molecule is NC(=O)/N=C/C(=C/O)C(N)=O. The first-order valence-electron chi connectivity index (χ1n) is 2.55. The number of rotatable bonds is 2. The number of amides is 3. The summed E-state index contributed by atoms with van der Waals surface area (Å²) in [5, 5.41) is 8.30. The van der Waals surface area contributed by atoms with Gasteiger partial charge in [0.2, 0.25) is 0 Å². The molecule has 0 radical (unpaired) electrons. The van der Waals surface area contributed by atoms with Crippen LogP contribution in [0.5, 0.6) is 0 Å². The van der Waals surface area contributed by atoms with E-state index >= 15 is 0 Å². The highest BCUT2D eigenvalue weighted by Gasteiger charge is 2.00. The summed E-state index contributed by atoms with van der Waals surface area (Å²) in [6, 6.07) is -0.967. The number of nitrogens with zero attached hydrogens (tertiary/aromatic N) is 1. The fourth-order valence-corrected chi connectivity index (χ4v) is 0.294. The lowest BCUT2D eigenvalue weighted by molar-refractivity contribution is -0.114. The molecule has 0 saturated carbocycles. The molecule has 0 aromatic rings. The molecule has 0 rings (SSSR count). The van der Waals surface area contributed by atoms with Crippen LogP contribution in [-0.2, 0) is 4.79 Å². The van der Waals surface area contributed by atoms with Crippen LogP contribution in [-0.4, -0.2) is 23.3 Å². The van der Waals surface area contributed by atoms with Gasteiger partial charge in [-0.15, -0.1) is 0 Å². The second-order valence-electron chi connectivity index (χ2n) is 1.55. The zero-order chi connectivity index (χ0) is 8.85. The summed E-state index contributed by atoms with van der Waals surface area (Å²) in [5.41, 5.74) is 9.03. The van der Waals surface area contributed by atoms with Crippen LogP contribution in [0.2, 0.25) is 0 Å². The Hall–Kier alpha value is -1.85. The molecule has 0 atom stereocenters. The molecule has 0 heterocycles. The Labute approximate surface area is 62.2 Å². The summed E-state index contributed by atoms with van der Waals surface area (Å²) >= 11 is 0. The van der Waals surface area contributed by atoms with Gasteiger partial charge >= 0.3 is 6.03 Å². The Kier molecular flexibility index (Phi) is 3.36. The van der Waals surface area contributed by atoms with Gasteiger partial charge in [-0.2, -0.15) is 0 Å². The largest absolute Gasteiger partial charge is 0.515 e. The summed E-state index contributed by atoms with van der Waals surface area (Å²) in [6.07, 6.45) is 1.22. The maximum Gasteiger partial charge on any atom is 0.338 e. The Morgan fingerprint density at radius 3 is 2.18 bits per heavy atom. The minimum atomic E-state index is -0.967. The number of urea groups is 1. The van der Waals surface area contributed by atoms with Gasteiger partial charge in [-0.25, -0.2) is 9.79 Å². The van der Waals surface area contributed by atoms with E-state index in [-0.39, 0.29) is 5.57 Å². The number of aliphatic imine (C=N–C) groups is 1. The second-order valence-corrected chi connectivity index (χ2v) is 1.55. The summed E-state index contributed by atoms with van der Waals surface area (Å²) < 4.78 is 0. The number of hydrogen-bond acceptors (Lipinski definition) is 3. The standard InChI is InChI=1S/C5H7N3O3/c6-4(10)3(2-9)1-8-5(7)11/h1-2,9H,(H2,6,10)(H2,7,11)/b3-2-,8-1+.